The summed E-state index contributed by atoms with van der Waals surface area (Å²) < 4.78 is 8.34. The number of nitrogens with zero attached hydrogens (tertiary/aromatic N) is 2. The number of aryl methyl sites for hydroxylation is 1. The number of rotatable bonds is 10. The lowest BCUT2D eigenvalue weighted by Crippen LogP contribution is -2.36. The maximum absolute atomic E-state index is 6.07. The molecule has 0 saturated carbocycles. The van der Waals surface area contributed by atoms with Gasteiger partial charge in [0.15, 0.2) is 0 Å². The van der Waals surface area contributed by atoms with Crippen molar-refractivity contribution < 1.29 is 4.74 Å². The molecule has 0 aliphatic carbocycles. The van der Waals surface area contributed by atoms with E-state index >= 15 is 0 Å². The summed E-state index contributed by atoms with van der Waals surface area (Å²) in [6.07, 6.45) is 5.94. The summed E-state index contributed by atoms with van der Waals surface area (Å²) in [7, 11) is 0. The average Bonchev–Trinajstić information content (AvgIpc) is 3.43. The Morgan fingerprint density at radius 2 is 1.30 bits per heavy atom. The third kappa shape index (κ3) is 5.22. The Balaban J connectivity index is 1.43. The normalized spacial score (nSPS) is 11.5. The lowest BCUT2D eigenvalue weighted by atomic mass is 9.77. The molecule has 0 bridgehead atoms. The van der Waals surface area contributed by atoms with Gasteiger partial charge in [0.25, 0.3) is 0 Å². The molecular formula is C34H34N2O. The van der Waals surface area contributed by atoms with Crippen molar-refractivity contribution in [3.63, 3.8) is 0 Å². The topological polar surface area (TPSA) is 27.1 Å². The van der Waals surface area contributed by atoms with Gasteiger partial charge < -0.3 is 9.30 Å². The van der Waals surface area contributed by atoms with Gasteiger partial charge in [-0.1, -0.05) is 117 Å². The highest BCUT2D eigenvalue weighted by Crippen LogP contribution is 2.40. The van der Waals surface area contributed by atoms with Gasteiger partial charge in [-0.15, -0.1) is 0 Å². The maximum Gasteiger partial charge on any atom is 0.121 e. The second-order valence-corrected chi connectivity index (χ2v) is 9.76. The zero-order valence-electron chi connectivity index (χ0n) is 21.6. The third-order valence-corrected chi connectivity index (χ3v) is 6.97. The Morgan fingerprint density at radius 1 is 0.730 bits per heavy atom. The quantitative estimate of drug-likeness (QED) is 0.148. The fourth-order valence-electron chi connectivity index (χ4n) is 5.07. The van der Waals surface area contributed by atoms with Crippen LogP contribution in [0.4, 0.5) is 0 Å². The van der Waals surface area contributed by atoms with Crippen LogP contribution in [-0.2, 0) is 12.0 Å². The van der Waals surface area contributed by atoms with Crippen molar-refractivity contribution in [3.05, 3.63) is 156 Å². The number of benzene rings is 4. The minimum Gasteiger partial charge on any atom is -0.494 e. The van der Waals surface area contributed by atoms with E-state index in [0.717, 1.165) is 24.3 Å². The van der Waals surface area contributed by atoms with Gasteiger partial charge in [-0.05, 0) is 53.1 Å². The zero-order valence-corrected chi connectivity index (χ0v) is 21.6. The summed E-state index contributed by atoms with van der Waals surface area (Å²) in [6.45, 7) is 5.07. The van der Waals surface area contributed by atoms with E-state index in [1.54, 1.807) is 0 Å². The molecule has 1 aromatic heterocycles. The van der Waals surface area contributed by atoms with Crippen LogP contribution in [0, 0.1) is 0 Å². The van der Waals surface area contributed by atoms with Gasteiger partial charge >= 0.3 is 0 Å². The predicted octanol–water partition coefficient (Wildman–Crippen LogP) is 7.86. The fourth-order valence-corrected chi connectivity index (χ4v) is 5.07. The SMILES string of the molecule is CC(C)c1cccc(OCCCc2cn(C(c3ccccc3)(c3ccccc3)c3ccccc3)cn2)c1. The second kappa shape index (κ2) is 11.3. The van der Waals surface area contributed by atoms with Crippen LogP contribution in [0.3, 0.4) is 0 Å². The summed E-state index contributed by atoms with van der Waals surface area (Å²) in [4.78, 5) is 4.85. The first-order valence-electron chi connectivity index (χ1n) is 13.1. The average molecular weight is 487 g/mol. The second-order valence-electron chi connectivity index (χ2n) is 9.76. The van der Waals surface area contributed by atoms with Crippen LogP contribution < -0.4 is 4.74 Å². The van der Waals surface area contributed by atoms with Crippen LogP contribution in [0.15, 0.2) is 128 Å². The van der Waals surface area contributed by atoms with Gasteiger partial charge in [0.1, 0.15) is 11.3 Å². The van der Waals surface area contributed by atoms with E-state index in [-0.39, 0.29) is 0 Å². The molecule has 5 aromatic rings. The van der Waals surface area contributed by atoms with Crippen molar-refractivity contribution in [2.45, 2.75) is 38.1 Å². The van der Waals surface area contributed by atoms with Crippen molar-refractivity contribution in [2.24, 2.45) is 0 Å². The molecular weight excluding hydrogens is 452 g/mol. The Kier molecular flexibility index (Phi) is 7.51. The van der Waals surface area contributed by atoms with Crippen LogP contribution in [0.1, 0.15) is 54.1 Å². The molecule has 0 unspecified atom stereocenters. The molecule has 4 aromatic carbocycles. The van der Waals surface area contributed by atoms with Gasteiger partial charge in [0.05, 0.1) is 18.6 Å². The maximum atomic E-state index is 6.07. The number of aromatic nitrogens is 2. The summed E-state index contributed by atoms with van der Waals surface area (Å²) in [5.41, 5.74) is 5.43. The summed E-state index contributed by atoms with van der Waals surface area (Å²) in [5.74, 6) is 1.43. The smallest absolute Gasteiger partial charge is 0.121 e. The highest BCUT2D eigenvalue weighted by Gasteiger charge is 2.38. The van der Waals surface area contributed by atoms with Crippen molar-refractivity contribution >= 4 is 0 Å². The zero-order chi connectivity index (χ0) is 25.5. The number of imidazole rings is 1. The molecule has 0 atom stereocenters. The molecule has 3 nitrogen and oxygen atoms in total. The standard InChI is InChI=1S/C34H34N2O/c1-27(2)28-14-12-22-33(24-28)37-23-13-21-32-25-36(26-35-32)34(29-15-6-3-7-16-29,30-17-8-4-9-18-30)31-19-10-5-11-20-31/h3-12,14-20,22,24-27H,13,21,23H2,1-2H3. The molecule has 0 N–H and O–H groups in total. The Labute approximate surface area is 220 Å². The van der Waals surface area contributed by atoms with Gasteiger partial charge in [-0.3, -0.25) is 0 Å². The van der Waals surface area contributed by atoms with E-state index in [1.807, 2.05) is 12.4 Å². The molecule has 0 aliphatic heterocycles. The Bertz CT molecular complexity index is 1300. The Morgan fingerprint density at radius 3 is 1.84 bits per heavy atom. The first kappa shape index (κ1) is 24.6. The molecule has 0 amide bonds. The Hall–Kier alpha value is -4.11. The highest BCUT2D eigenvalue weighted by molar-refractivity contribution is 5.50. The minimum absolute atomic E-state index is 0.492. The molecule has 37 heavy (non-hydrogen) atoms. The van der Waals surface area contributed by atoms with E-state index in [9.17, 15) is 0 Å². The van der Waals surface area contributed by atoms with Crippen molar-refractivity contribution in [3.8, 4) is 5.75 Å². The largest absolute Gasteiger partial charge is 0.494 e. The van der Waals surface area contributed by atoms with Crippen LogP contribution in [0.25, 0.3) is 0 Å². The molecule has 0 radical (unpaired) electrons. The molecule has 0 aliphatic rings. The van der Waals surface area contributed by atoms with Crippen molar-refractivity contribution in [1.29, 1.82) is 0 Å². The van der Waals surface area contributed by atoms with Crippen molar-refractivity contribution in [2.75, 3.05) is 6.61 Å². The molecule has 186 valence electrons. The van der Waals surface area contributed by atoms with Crippen molar-refractivity contribution in [1.82, 2.24) is 9.55 Å². The molecule has 5 rings (SSSR count). The van der Waals surface area contributed by atoms with E-state index in [0.29, 0.717) is 12.5 Å². The van der Waals surface area contributed by atoms with Crippen LogP contribution >= 0.6 is 0 Å². The third-order valence-electron chi connectivity index (χ3n) is 6.97. The van der Waals surface area contributed by atoms with E-state index in [4.69, 9.17) is 9.72 Å². The lowest BCUT2D eigenvalue weighted by molar-refractivity contribution is 0.310. The monoisotopic (exact) mass is 486 g/mol. The van der Waals surface area contributed by atoms with Gasteiger partial charge in [0, 0.05) is 6.20 Å². The van der Waals surface area contributed by atoms with Crippen LogP contribution in [0.5, 0.6) is 5.75 Å². The van der Waals surface area contributed by atoms with Gasteiger partial charge in [-0.25, -0.2) is 4.98 Å². The predicted molar refractivity (Wildman–Crippen MR) is 151 cm³/mol. The van der Waals surface area contributed by atoms with Crippen LogP contribution in [-0.4, -0.2) is 16.2 Å². The summed E-state index contributed by atoms with van der Waals surface area (Å²) in [5, 5.41) is 0. The van der Waals surface area contributed by atoms with E-state index in [2.05, 4.69) is 134 Å². The molecule has 0 fully saturated rings. The molecule has 0 spiro atoms. The van der Waals surface area contributed by atoms with Gasteiger partial charge in [-0.2, -0.15) is 0 Å². The van der Waals surface area contributed by atoms with E-state index in [1.165, 1.54) is 22.3 Å². The van der Waals surface area contributed by atoms with Gasteiger partial charge in [0.2, 0.25) is 0 Å². The highest BCUT2D eigenvalue weighted by atomic mass is 16.5. The molecule has 1 heterocycles. The first-order chi connectivity index (χ1) is 18.2. The number of ether oxygens (including phenoxy) is 1. The summed E-state index contributed by atoms with van der Waals surface area (Å²) in [6, 6.07) is 40.5. The first-order valence-corrected chi connectivity index (χ1v) is 13.1. The number of hydrogen-bond donors (Lipinski definition) is 0. The number of hydrogen-bond acceptors (Lipinski definition) is 2. The fraction of sp³-hybridized carbons (Fsp3) is 0.206. The van der Waals surface area contributed by atoms with E-state index < -0.39 is 5.54 Å². The minimum atomic E-state index is -0.525. The van der Waals surface area contributed by atoms with Crippen LogP contribution in [0.2, 0.25) is 0 Å². The summed E-state index contributed by atoms with van der Waals surface area (Å²) >= 11 is 0. The lowest BCUT2D eigenvalue weighted by Gasteiger charge is -2.37. The molecule has 0 saturated heterocycles. The molecule has 3 heteroatoms.